The number of hydrogen-bond donors (Lipinski definition) is 2. The maximum absolute atomic E-state index is 12.1. The van der Waals surface area contributed by atoms with Gasteiger partial charge in [0.1, 0.15) is 11.9 Å². The van der Waals surface area contributed by atoms with Crippen molar-refractivity contribution in [3.8, 4) is 5.75 Å². The van der Waals surface area contributed by atoms with Crippen molar-refractivity contribution in [2.45, 2.75) is 25.5 Å². The molecule has 8 heteroatoms. The van der Waals surface area contributed by atoms with Gasteiger partial charge in [0.05, 0.1) is 24.9 Å². The van der Waals surface area contributed by atoms with Crippen molar-refractivity contribution in [2.24, 2.45) is 0 Å². The summed E-state index contributed by atoms with van der Waals surface area (Å²) in [6.07, 6.45) is 1.89. The fraction of sp³-hybridized carbons (Fsp3) is 0.400. The molecule has 1 fully saturated rings. The molecule has 0 saturated carbocycles. The quantitative estimate of drug-likeness (QED) is 0.856. The minimum Gasteiger partial charge on any atom is -0.484 e. The normalized spacial score (nSPS) is 20.9. The Bertz CT molecular complexity index is 721. The van der Waals surface area contributed by atoms with E-state index in [4.69, 9.17) is 14.0 Å². The molecule has 3 heterocycles. The molecular formula is C15H17N3O5. The molecule has 122 valence electrons. The Morgan fingerprint density at radius 2 is 2.35 bits per heavy atom. The lowest BCUT2D eigenvalue weighted by molar-refractivity contribution is -0.0139. The predicted octanol–water partition coefficient (Wildman–Crippen LogP) is 0.638. The number of ether oxygens (including phenoxy) is 2. The van der Waals surface area contributed by atoms with Crippen molar-refractivity contribution in [3.63, 3.8) is 0 Å². The number of aryl methyl sites for hydroxylation is 1. The van der Waals surface area contributed by atoms with Crippen molar-refractivity contribution < 1.29 is 18.8 Å². The Hall–Kier alpha value is -2.61. The summed E-state index contributed by atoms with van der Waals surface area (Å²) in [4.78, 5) is 27.3. The van der Waals surface area contributed by atoms with Crippen LogP contribution >= 0.6 is 0 Å². The Morgan fingerprint density at radius 1 is 1.48 bits per heavy atom. The molecule has 0 aliphatic carbocycles. The fourth-order valence-electron chi connectivity index (χ4n) is 2.33. The van der Waals surface area contributed by atoms with Gasteiger partial charge in [0, 0.05) is 12.3 Å². The lowest BCUT2D eigenvalue weighted by atomic mass is 10.1. The van der Waals surface area contributed by atoms with Crippen LogP contribution in [0.3, 0.4) is 0 Å². The molecule has 2 N–H and O–H groups in total. The molecule has 3 rings (SSSR count). The molecule has 0 radical (unpaired) electrons. The first-order valence-corrected chi connectivity index (χ1v) is 7.28. The number of nitrogens with zero attached hydrogens (tertiary/aromatic N) is 1. The average molecular weight is 319 g/mol. The van der Waals surface area contributed by atoms with Crippen LogP contribution in [-0.4, -0.2) is 41.4 Å². The van der Waals surface area contributed by atoms with E-state index < -0.39 is 11.5 Å². The van der Waals surface area contributed by atoms with Crippen LogP contribution in [0.15, 0.2) is 33.7 Å². The highest BCUT2D eigenvalue weighted by molar-refractivity contribution is 5.91. The van der Waals surface area contributed by atoms with Crippen LogP contribution < -0.4 is 15.6 Å². The molecule has 2 atom stereocenters. The van der Waals surface area contributed by atoms with Gasteiger partial charge < -0.3 is 19.3 Å². The molecular weight excluding hydrogens is 302 g/mol. The number of aromatic nitrogens is 2. The van der Waals surface area contributed by atoms with Crippen LogP contribution in [-0.2, 0) is 4.74 Å². The summed E-state index contributed by atoms with van der Waals surface area (Å²) in [5, 5.41) is 4.90. The number of pyridine rings is 1. The number of rotatable bonds is 4. The van der Waals surface area contributed by atoms with Gasteiger partial charge in [-0.05, 0) is 25.5 Å². The van der Waals surface area contributed by atoms with Gasteiger partial charge in [0.2, 0.25) is 5.76 Å². The van der Waals surface area contributed by atoms with E-state index in [0.29, 0.717) is 25.4 Å². The minimum atomic E-state index is -0.467. The van der Waals surface area contributed by atoms with E-state index in [9.17, 15) is 9.59 Å². The summed E-state index contributed by atoms with van der Waals surface area (Å²) in [6.45, 7) is 2.77. The molecule has 2 aromatic rings. The third-order valence-electron chi connectivity index (χ3n) is 3.54. The topological polar surface area (TPSA) is 106 Å². The van der Waals surface area contributed by atoms with Gasteiger partial charge in [0.15, 0.2) is 0 Å². The highest BCUT2D eigenvalue weighted by atomic mass is 16.5. The van der Waals surface area contributed by atoms with Crippen molar-refractivity contribution in [1.29, 1.82) is 0 Å². The first-order valence-electron chi connectivity index (χ1n) is 7.28. The SMILES string of the molecule is Cc1ccc(O[C@H]2COCC[C@H]2NC(=O)c2cc(=O)[nH]o2)cn1. The molecule has 1 aliphatic rings. The van der Waals surface area contributed by atoms with Crippen molar-refractivity contribution in [1.82, 2.24) is 15.5 Å². The summed E-state index contributed by atoms with van der Waals surface area (Å²) >= 11 is 0. The maximum atomic E-state index is 12.1. The molecule has 0 aromatic carbocycles. The van der Waals surface area contributed by atoms with Gasteiger partial charge in [-0.3, -0.25) is 14.6 Å². The molecule has 23 heavy (non-hydrogen) atoms. The number of hydrogen-bond acceptors (Lipinski definition) is 6. The molecule has 8 nitrogen and oxygen atoms in total. The summed E-state index contributed by atoms with van der Waals surface area (Å²) < 4.78 is 16.1. The molecule has 2 aromatic heterocycles. The van der Waals surface area contributed by atoms with Crippen molar-refractivity contribution in [3.05, 3.63) is 46.2 Å². The van der Waals surface area contributed by atoms with E-state index in [1.807, 2.05) is 19.1 Å². The smallest absolute Gasteiger partial charge is 0.290 e. The van der Waals surface area contributed by atoms with Crippen LogP contribution in [0.2, 0.25) is 0 Å². The molecule has 1 amide bonds. The van der Waals surface area contributed by atoms with Gasteiger partial charge >= 0.3 is 0 Å². The minimum absolute atomic E-state index is 0.0581. The largest absolute Gasteiger partial charge is 0.484 e. The average Bonchev–Trinajstić information content (AvgIpc) is 2.98. The Morgan fingerprint density at radius 3 is 3.04 bits per heavy atom. The van der Waals surface area contributed by atoms with E-state index in [1.54, 1.807) is 6.20 Å². The number of carbonyl (C=O) groups excluding carboxylic acids is 1. The van der Waals surface area contributed by atoms with Gasteiger partial charge in [-0.15, -0.1) is 0 Å². The lowest BCUT2D eigenvalue weighted by Gasteiger charge is -2.32. The monoisotopic (exact) mass is 319 g/mol. The third kappa shape index (κ3) is 3.78. The zero-order valence-electron chi connectivity index (χ0n) is 12.6. The molecule has 1 aliphatic heterocycles. The van der Waals surface area contributed by atoms with Gasteiger partial charge in [0.25, 0.3) is 11.5 Å². The molecule has 1 saturated heterocycles. The predicted molar refractivity (Wildman–Crippen MR) is 79.4 cm³/mol. The zero-order valence-corrected chi connectivity index (χ0v) is 12.6. The summed E-state index contributed by atoms with van der Waals surface area (Å²) in [6, 6.07) is 4.52. The highest BCUT2D eigenvalue weighted by Gasteiger charge is 2.30. The number of amides is 1. The van der Waals surface area contributed by atoms with E-state index in [0.717, 1.165) is 11.8 Å². The standard InChI is InChI=1S/C15H17N3O5/c1-9-2-3-10(7-16-9)22-13-8-21-5-4-11(13)17-15(20)12-6-14(19)18-23-12/h2-3,6-7,11,13H,4-5,8H2,1H3,(H,17,20)(H,18,19)/t11-,13+/m1/s1. The first-order chi connectivity index (χ1) is 11.1. The van der Waals surface area contributed by atoms with Crippen LogP contribution in [0.1, 0.15) is 22.7 Å². The van der Waals surface area contributed by atoms with Gasteiger partial charge in [-0.1, -0.05) is 0 Å². The second-order valence-corrected chi connectivity index (χ2v) is 5.31. The van der Waals surface area contributed by atoms with Crippen molar-refractivity contribution in [2.75, 3.05) is 13.2 Å². The van der Waals surface area contributed by atoms with Gasteiger partial charge in [-0.25, -0.2) is 0 Å². The third-order valence-corrected chi connectivity index (χ3v) is 3.54. The van der Waals surface area contributed by atoms with E-state index in [1.165, 1.54) is 0 Å². The zero-order chi connectivity index (χ0) is 16.2. The highest BCUT2D eigenvalue weighted by Crippen LogP contribution is 2.17. The number of H-pyrrole nitrogens is 1. The second-order valence-electron chi connectivity index (χ2n) is 5.31. The Balaban J connectivity index is 1.67. The summed E-state index contributed by atoms with van der Waals surface area (Å²) in [7, 11) is 0. The number of nitrogens with one attached hydrogen (secondary N) is 2. The summed E-state index contributed by atoms with van der Waals surface area (Å²) in [5.41, 5.74) is 0.435. The fourth-order valence-corrected chi connectivity index (χ4v) is 2.33. The van der Waals surface area contributed by atoms with E-state index >= 15 is 0 Å². The molecule has 0 unspecified atom stereocenters. The van der Waals surface area contributed by atoms with Crippen LogP contribution in [0, 0.1) is 6.92 Å². The number of carbonyl (C=O) groups is 1. The van der Waals surface area contributed by atoms with Crippen LogP contribution in [0.25, 0.3) is 0 Å². The maximum Gasteiger partial charge on any atom is 0.290 e. The molecule has 0 spiro atoms. The van der Waals surface area contributed by atoms with E-state index in [2.05, 4.69) is 15.5 Å². The number of aromatic amines is 1. The van der Waals surface area contributed by atoms with Gasteiger partial charge in [-0.2, -0.15) is 5.16 Å². The first kappa shape index (κ1) is 15.3. The van der Waals surface area contributed by atoms with E-state index in [-0.39, 0.29) is 17.9 Å². The van der Waals surface area contributed by atoms with Crippen LogP contribution in [0.5, 0.6) is 5.75 Å². The summed E-state index contributed by atoms with van der Waals surface area (Å²) in [5.74, 6) is 0.0849. The molecule has 0 bridgehead atoms. The van der Waals surface area contributed by atoms with Crippen LogP contribution in [0.4, 0.5) is 0 Å². The Labute approximate surface area is 131 Å². The Kier molecular flexibility index (Phi) is 4.42. The van der Waals surface area contributed by atoms with Crippen molar-refractivity contribution >= 4 is 5.91 Å². The lowest BCUT2D eigenvalue weighted by Crippen LogP contribution is -2.51. The second kappa shape index (κ2) is 6.66.